The molecule has 0 saturated heterocycles. The number of ether oxygens (including phenoxy) is 1. The third-order valence-electron chi connectivity index (χ3n) is 2.98. The van der Waals surface area contributed by atoms with Gasteiger partial charge in [-0.25, -0.2) is 13.1 Å². The summed E-state index contributed by atoms with van der Waals surface area (Å²) in [6, 6.07) is 6.54. The van der Waals surface area contributed by atoms with Gasteiger partial charge in [-0.3, -0.25) is 4.79 Å². The van der Waals surface area contributed by atoms with Crippen LogP contribution >= 0.6 is 0 Å². The Labute approximate surface area is 119 Å². The fraction of sp³-hybridized carbons (Fsp3) is 0.462. The average molecular weight is 300 g/mol. The molecule has 1 aromatic rings. The van der Waals surface area contributed by atoms with E-state index in [1.54, 1.807) is 24.3 Å². The van der Waals surface area contributed by atoms with Crippen molar-refractivity contribution in [1.29, 1.82) is 0 Å². The first-order valence-corrected chi connectivity index (χ1v) is 7.78. The number of rotatable bonds is 7. The van der Waals surface area contributed by atoms with Crippen LogP contribution in [0.25, 0.3) is 0 Å². The van der Waals surface area contributed by atoms with Crippen molar-refractivity contribution in [3.8, 4) is 0 Å². The molecule has 7 heteroatoms. The molecular weight excluding hydrogens is 280 g/mol. The molecule has 0 bridgehead atoms. The SMILES string of the molecule is CCN(CCC(=O)OC)c1ccc(S(=O)(=O)NC)cc1. The van der Waals surface area contributed by atoms with Crippen LogP contribution in [0.1, 0.15) is 13.3 Å². The van der Waals surface area contributed by atoms with Gasteiger partial charge in [-0.05, 0) is 38.2 Å². The van der Waals surface area contributed by atoms with Crippen molar-refractivity contribution in [2.45, 2.75) is 18.2 Å². The third-order valence-corrected chi connectivity index (χ3v) is 4.41. The Balaban J connectivity index is 2.82. The predicted octanol–water partition coefficient (Wildman–Crippen LogP) is 0.984. The van der Waals surface area contributed by atoms with Gasteiger partial charge in [0.2, 0.25) is 10.0 Å². The lowest BCUT2D eigenvalue weighted by Crippen LogP contribution is -2.26. The molecule has 0 atom stereocenters. The predicted molar refractivity (Wildman–Crippen MR) is 77.2 cm³/mol. The Morgan fingerprint density at radius 1 is 1.30 bits per heavy atom. The number of anilines is 1. The molecular formula is C13H20N2O4S. The standard InChI is InChI=1S/C13H20N2O4S/c1-4-15(10-9-13(16)19-3)11-5-7-12(8-6-11)20(17,18)14-2/h5-8,14H,4,9-10H2,1-3H3. The molecule has 0 fully saturated rings. The van der Waals surface area contributed by atoms with Crippen LogP contribution in [0.15, 0.2) is 29.2 Å². The first kappa shape index (κ1) is 16.5. The summed E-state index contributed by atoms with van der Waals surface area (Å²) in [5.41, 5.74) is 0.867. The first-order valence-electron chi connectivity index (χ1n) is 6.30. The largest absolute Gasteiger partial charge is 0.469 e. The Morgan fingerprint density at radius 2 is 1.90 bits per heavy atom. The van der Waals surface area contributed by atoms with Crippen molar-refractivity contribution in [2.75, 3.05) is 32.1 Å². The lowest BCUT2D eigenvalue weighted by molar-refractivity contribution is -0.140. The van der Waals surface area contributed by atoms with Crippen molar-refractivity contribution in [3.63, 3.8) is 0 Å². The van der Waals surface area contributed by atoms with E-state index in [9.17, 15) is 13.2 Å². The smallest absolute Gasteiger partial charge is 0.307 e. The number of nitrogens with one attached hydrogen (secondary N) is 1. The molecule has 6 nitrogen and oxygen atoms in total. The summed E-state index contributed by atoms with van der Waals surface area (Å²) in [4.78, 5) is 13.3. The molecule has 20 heavy (non-hydrogen) atoms. The molecule has 1 N–H and O–H groups in total. The summed E-state index contributed by atoms with van der Waals surface area (Å²) in [5.74, 6) is -0.266. The summed E-state index contributed by atoms with van der Waals surface area (Å²) in [6.07, 6.45) is 0.293. The average Bonchev–Trinajstić information content (AvgIpc) is 2.48. The minimum Gasteiger partial charge on any atom is -0.469 e. The topological polar surface area (TPSA) is 75.7 Å². The van der Waals surface area contributed by atoms with E-state index >= 15 is 0 Å². The molecule has 0 amide bonds. The Bertz CT molecular complexity index is 540. The fourth-order valence-corrected chi connectivity index (χ4v) is 2.48. The van der Waals surface area contributed by atoms with E-state index in [4.69, 9.17) is 0 Å². The Kier molecular flexibility index (Phi) is 5.97. The summed E-state index contributed by atoms with van der Waals surface area (Å²) in [6.45, 7) is 3.21. The second-order valence-corrected chi connectivity index (χ2v) is 5.99. The number of benzene rings is 1. The van der Waals surface area contributed by atoms with Gasteiger partial charge in [-0.1, -0.05) is 0 Å². The molecule has 0 spiro atoms. The van der Waals surface area contributed by atoms with Crippen LogP contribution in [0.4, 0.5) is 5.69 Å². The minimum atomic E-state index is -3.42. The van der Waals surface area contributed by atoms with Crippen LogP contribution in [0.2, 0.25) is 0 Å². The van der Waals surface area contributed by atoms with Crippen LogP contribution in [-0.4, -0.2) is 41.6 Å². The molecule has 0 aliphatic rings. The van der Waals surface area contributed by atoms with Crippen molar-refractivity contribution < 1.29 is 17.9 Å². The zero-order valence-electron chi connectivity index (χ0n) is 11.9. The maximum Gasteiger partial charge on any atom is 0.307 e. The van der Waals surface area contributed by atoms with Gasteiger partial charge in [0, 0.05) is 18.8 Å². The molecule has 0 heterocycles. The van der Waals surface area contributed by atoms with Gasteiger partial charge in [0.15, 0.2) is 0 Å². The summed E-state index contributed by atoms with van der Waals surface area (Å²) in [7, 11) is -0.690. The van der Waals surface area contributed by atoms with E-state index in [1.807, 2.05) is 11.8 Å². The van der Waals surface area contributed by atoms with E-state index < -0.39 is 10.0 Å². The highest BCUT2D eigenvalue weighted by molar-refractivity contribution is 7.89. The molecule has 0 aliphatic carbocycles. The Hall–Kier alpha value is -1.60. The van der Waals surface area contributed by atoms with Gasteiger partial charge in [0.25, 0.3) is 0 Å². The number of sulfonamides is 1. The molecule has 112 valence electrons. The third kappa shape index (κ3) is 4.21. The molecule has 1 rings (SSSR count). The zero-order chi connectivity index (χ0) is 15.2. The van der Waals surface area contributed by atoms with Gasteiger partial charge in [0.1, 0.15) is 0 Å². The summed E-state index contributed by atoms with van der Waals surface area (Å²) >= 11 is 0. The van der Waals surface area contributed by atoms with Gasteiger partial charge in [0.05, 0.1) is 18.4 Å². The lowest BCUT2D eigenvalue weighted by Gasteiger charge is -2.22. The summed E-state index contributed by atoms with van der Waals surface area (Å²) in [5, 5.41) is 0. The summed E-state index contributed by atoms with van der Waals surface area (Å²) < 4.78 is 30.1. The zero-order valence-corrected chi connectivity index (χ0v) is 12.7. The van der Waals surface area contributed by atoms with Crippen LogP contribution < -0.4 is 9.62 Å². The quantitative estimate of drug-likeness (QED) is 0.760. The van der Waals surface area contributed by atoms with Gasteiger partial charge < -0.3 is 9.64 Å². The highest BCUT2D eigenvalue weighted by atomic mass is 32.2. The van der Waals surface area contributed by atoms with Gasteiger partial charge in [-0.2, -0.15) is 0 Å². The number of hydrogen-bond acceptors (Lipinski definition) is 5. The molecule has 1 aromatic carbocycles. The molecule has 0 aliphatic heterocycles. The monoisotopic (exact) mass is 300 g/mol. The molecule has 0 radical (unpaired) electrons. The van der Waals surface area contributed by atoms with E-state index in [0.29, 0.717) is 13.0 Å². The first-order chi connectivity index (χ1) is 9.44. The lowest BCUT2D eigenvalue weighted by atomic mass is 10.2. The van der Waals surface area contributed by atoms with Gasteiger partial charge in [-0.15, -0.1) is 0 Å². The number of esters is 1. The second-order valence-electron chi connectivity index (χ2n) is 4.11. The van der Waals surface area contributed by atoms with Gasteiger partial charge >= 0.3 is 5.97 Å². The van der Waals surface area contributed by atoms with Crippen molar-refractivity contribution in [1.82, 2.24) is 4.72 Å². The number of carbonyl (C=O) groups excluding carboxylic acids is 1. The molecule has 0 saturated carbocycles. The van der Waals surface area contributed by atoms with Crippen molar-refractivity contribution in [2.24, 2.45) is 0 Å². The number of methoxy groups -OCH3 is 1. The van der Waals surface area contributed by atoms with E-state index in [2.05, 4.69) is 9.46 Å². The Morgan fingerprint density at radius 3 is 2.35 bits per heavy atom. The highest BCUT2D eigenvalue weighted by Gasteiger charge is 2.12. The van der Waals surface area contributed by atoms with E-state index in [0.717, 1.165) is 12.2 Å². The molecule has 0 unspecified atom stereocenters. The maximum absolute atomic E-state index is 11.6. The minimum absolute atomic E-state index is 0.216. The van der Waals surface area contributed by atoms with Crippen LogP contribution in [0.5, 0.6) is 0 Å². The highest BCUT2D eigenvalue weighted by Crippen LogP contribution is 2.18. The van der Waals surface area contributed by atoms with E-state index in [1.165, 1.54) is 14.2 Å². The molecule has 0 aromatic heterocycles. The van der Waals surface area contributed by atoms with Crippen LogP contribution in [0.3, 0.4) is 0 Å². The number of nitrogens with zero attached hydrogens (tertiary/aromatic N) is 1. The van der Waals surface area contributed by atoms with Crippen molar-refractivity contribution >= 4 is 21.7 Å². The van der Waals surface area contributed by atoms with Crippen molar-refractivity contribution in [3.05, 3.63) is 24.3 Å². The number of carbonyl (C=O) groups is 1. The second kappa shape index (κ2) is 7.25. The normalized spacial score (nSPS) is 11.2. The number of hydrogen-bond donors (Lipinski definition) is 1. The van der Waals surface area contributed by atoms with Crippen LogP contribution in [-0.2, 0) is 19.6 Å². The maximum atomic E-state index is 11.6. The fourth-order valence-electron chi connectivity index (χ4n) is 1.75. The van der Waals surface area contributed by atoms with Crippen LogP contribution in [0, 0.1) is 0 Å². The van der Waals surface area contributed by atoms with E-state index in [-0.39, 0.29) is 10.9 Å².